The van der Waals surface area contributed by atoms with E-state index in [9.17, 15) is 4.79 Å². The van der Waals surface area contributed by atoms with Crippen molar-refractivity contribution in [3.8, 4) is 0 Å². The summed E-state index contributed by atoms with van der Waals surface area (Å²) in [7, 11) is 0. The number of aromatic amines is 2. The van der Waals surface area contributed by atoms with Gasteiger partial charge in [0.15, 0.2) is 0 Å². The fourth-order valence-electron chi connectivity index (χ4n) is 3.88. The Morgan fingerprint density at radius 3 is 2.84 bits per heavy atom. The predicted molar refractivity (Wildman–Crippen MR) is 100 cm³/mol. The number of hydrogen-bond acceptors (Lipinski definition) is 3. The first-order valence-electron chi connectivity index (χ1n) is 9.04. The second kappa shape index (κ2) is 6.84. The van der Waals surface area contributed by atoms with Gasteiger partial charge in [0.05, 0.1) is 5.69 Å². The SMILES string of the molecule is Cc1nc(C2CCN(CCc3c[nH]c4ccccc34)CC2)cc(=O)[nH]1. The fraction of sp³-hybridized carbons (Fsp3) is 0.400. The van der Waals surface area contributed by atoms with E-state index in [0.717, 1.165) is 44.6 Å². The number of nitrogens with one attached hydrogen (secondary N) is 2. The second-order valence-corrected chi connectivity index (χ2v) is 6.98. The van der Waals surface area contributed by atoms with Crippen molar-refractivity contribution in [2.45, 2.75) is 32.1 Å². The molecule has 0 aliphatic carbocycles. The van der Waals surface area contributed by atoms with Gasteiger partial charge in [-0.1, -0.05) is 18.2 Å². The molecule has 0 spiro atoms. The topological polar surface area (TPSA) is 64.8 Å². The van der Waals surface area contributed by atoms with Gasteiger partial charge >= 0.3 is 0 Å². The number of para-hydroxylation sites is 1. The van der Waals surface area contributed by atoms with Crippen LogP contribution in [0.1, 0.15) is 35.8 Å². The summed E-state index contributed by atoms with van der Waals surface area (Å²) in [5, 5.41) is 1.33. The molecule has 2 N–H and O–H groups in total. The predicted octanol–water partition coefficient (Wildman–Crippen LogP) is 2.98. The molecule has 0 amide bonds. The van der Waals surface area contributed by atoms with Gasteiger partial charge in [-0.15, -0.1) is 0 Å². The summed E-state index contributed by atoms with van der Waals surface area (Å²) in [6, 6.07) is 10.1. The normalized spacial score (nSPS) is 16.5. The molecular formula is C20H24N4O. The van der Waals surface area contributed by atoms with Crippen molar-refractivity contribution in [1.29, 1.82) is 0 Å². The lowest BCUT2D eigenvalue weighted by atomic mass is 9.93. The van der Waals surface area contributed by atoms with Crippen LogP contribution in [0.15, 0.2) is 41.3 Å². The monoisotopic (exact) mass is 336 g/mol. The van der Waals surface area contributed by atoms with Gasteiger partial charge in [-0.05, 0) is 50.9 Å². The van der Waals surface area contributed by atoms with Crippen molar-refractivity contribution < 1.29 is 0 Å². The highest BCUT2D eigenvalue weighted by molar-refractivity contribution is 5.83. The molecule has 0 unspecified atom stereocenters. The Bertz CT molecular complexity index is 919. The third-order valence-electron chi connectivity index (χ3n) is 5.26. The average Bonchev–Trinajstić information content (AvgIpc) is 3.03. The minimum atomic E-state index is -0.0377. The van der Waals surface area contributed by atoms with Crippen molar-refractivity contribution in [3.63, 3.8) is 0 Å². The van der Waals surface area contributed by atoms with E-state index >= 15 is 0 Å². The Kier molecular flexibility index (Phi) is 4.40. The third-order valence-corrected chi connectivity index (χ3v) is 5.26. The third kappa shape index (κ3) is 3.51. The largest absolute Gasteiger partial charge is 0.361 e. The summed E-state index contributed by atoms with van der Waals surface area (Å²) >= 11 is 0. The van der Waals surface area contributed by atoms with Crippen molar-refractivity contribution in [3.05, 3.63) is 64.0 Å². The van der Waals surface area contributed by atoms with Crippen LogP contribution >= 0.6 is 0 Å². The first-order valence-corrected chi connectivity index (χ1v) is 9.04. The Labute approximate surface area is 147 Å². The van der Waals surface area contributed by atoms with Gasteiger partial charge < -0.3 is 14.9 Å². The second-order valence-electron chi connectivity index (χ2n) is 6.98. The zero-order chi connectivity index (χ0) is 17.2. The number of likely N-dealkylation sites (tertiary alicyclic amines) is 1. The molecular weight excluding hydrogens is 312 g/mol. The highest BCUT2D eigenvalue weighted by Crippen LogP contribution is 2.26. The van der Waals surface area contributed by atoms with E-state index in [-0.39, 0.29) is 5.56 Å². The van der Waals surface area contributed by atoms with Crippen LogP contribution in [0.2, 0.25) is 0 Å². The molecule has 1 saturated heterocycles. The van der Waals surface area contributed by atoms with Crippen LogP contribution in [-0.2, 0) is 6.42 Å². The van der Waals surface area contributed by atoms with E-state index in [1.807, 2.05) is 6.92 Å². The lowest BCUT2D eigenvalue weighted by molar-refractivity contribution is 0.213. The molecule has 3 heterocycles. The van der Waals surface area contributed by atoms with E-state index < -0.39 is 0 Å². The number of nitrogens with zero attached hydrogens (tertiary/aromatic N) is 2. The number of hydrogen-bond donors (Lipinski definition) is 2. The maximum absolute atomic E-state index is 11.7. The smallest absolute Gasteiger partial charge is 0.251 e. The molecule has 2 aromatic heterocycles. The van der Waals surface area contributed by atoms with E-state index in [1.165, 1.54) is 16.5 Å². The first-order chi connectivity index (χ1) is 12.2. The number of aromatic nitrogens is 3. The quantitative estimate of drug-likeness (QED) is 0.770. The molecule has 1 aromatic carbocycles. The summed E-state index contributed by atoms with van der Waals surface area (Å²) in [4.78, 5) is 24.8. The van der Waals surface area contributed by atoms with E-state index in [0.29, 0.717) is 11.7 Å². The summed E-state index contributed by atoms with van der Waals surface area (Å²) in [6.45, 7) is 5.07. The Morgan fingerprint density at radius 1 is 1.24 bits per heavy atom. The summed E-state index contributed by atoms with van der Waals surface area (Å²) in [6.07, 6.45) is 5.35. The summed E-state index contributed by atoms with van der Waals surface area (Å²) in [5.41, 5.74) is 3.53. The molecule has 1 aliphatic heterocycles. The molecule has 1 fully saturated rings. The van der Waals surface area contributed by atoms with Gasteiger partial charge in [0.1, 0.15) is 5.82 Å². The van der Waals surface area contributed by atoms with Crippen molar-refractivity contribution >= 4 is 10.9 Å². The van der Waals surface area contributed by atoms with Gasteiger partial charge in [0.2, 0.25) is 0 Å². The van der Waals surface area contributed by atoms with Gasteiger partial charge in [-0.3, -0.25) is 4.79 Å². The van der Waals surface area contributed by atoms with E-state index in [2.05, 4.69) is 50.3 Å². The van der Waals surface area contributed by atoms with Gasteiger partial charge in [0, 0.05) is 35.6 Å². The Morgan fingerprint density at radius 2 is 2.04 bits per heavy atom. The van der Waals surface area contributed by atoms with Crippen LogP contribution < -0.4 is 5.56 Å². The lowest BCUT2D eigenvalue weighted by Gasteiger charge is -2.31. The molecule has 5 nitrogen and oxygen atoms in total. The van der Waals surface area contributed by atoms with Crippen LogP contribution in [-0.4, -0.2) is 39.5 Å². The molecule has 1 aliphatic rings. The van der Waals surface area contributed by atoms with Crippen molar-refractivity contribution in [2.24, 2.45) is 0 Å². The molecule has 0 bridgehead atoms. The van der Waals surface area contributed by atoms with Gasteiger partial charge in [-0.25, -0.2) is 4.98 Å². The first kappa shape index (κ1) is 16.1. The lowest BCUT2D eigenvalue weighted by Crippen LogP contribution is -2.35. The number of piperidine rings is 1. The van der Waals surface area contributed by atoms with Crippen LogP contribution in [0, 0.1) is 6.92 Å². The summed E-state index contributed by atoms with van der Waals surface area (Å²) < 4.78 is 0. The Hall–Kier alpha value is -2.40. The molecule has 130 valence electrons. The highest BCUT2D eigenvalue weighted by Gasteiger charge is 2.22. The van der Waals surface area contributed by atoms with Gasteiger partial charge in [0.25, 0.3) is 5.56 Å². The molecule has 0 atom stereocenters. The number of aryl methyl sites for hydroxylation is 1. The van der Waals surface area contributed by atoms with Crippen LogP contribution in [0.3, 0.4) is 0 Å². The molecule has 3 aromatic rings. The zero-order valence-corrected chi connectivity index (χ0v) is 14.6. The maximum atomic E-state index is 11.7. The average molecular weight is 336 g/mol. The highest BCUT2D eigenvalue weighted by atomic mass is 16.1. The minimum absolute atomic E-state index is 0.0377. The molecule has 0 saturated carbocycles. The standard InChI is InChI=1S/C20H24N4O/c1-14-22-19(12-20(25)23-14)15-6-9-24(10-7-15)11-8-16-13-21-18-5-3-2-4-17(16)18/h2-5,12-13,15,21H,6-11H2,1H3,(H,22,23,25). The zero-order valence-electron chi connectivity index (χ0n) is 14.6. The molecule has 25 heavy (non-hydrogen) atoms. The number of rotatable bonds is 4. The van der Waals surface area contributed by atoms with Gasteiger partial charge in [-0.2, -0.15) is 0 Å². The minimum Gasteiger partial charge on any atom is -0.361 e. The van der Waals surface area contributed by atoms with Crippen LogP contribution in [0.4, 0.5) is 0 Å². The van der Waals surface area contributed by atoms with Crippen LogP contribution in [0.25, 0.3) is 10.9 Å². The fourth-order valence-corrected chi connectivity index (χ4v) is 3.88. The van der Waals surface area contributed by atoms with Crippen molar-refractivity contribution in [2.75, 3.05) is 19.6 Å². The van der Waals surface area contributed by atoms with Crippen LogP contribution in [0.5, 0.6) is 0 Å². The van der Waals surface area contributed by atoms with E-state index in [1.54, 1.807) is 6.07 Å². The molecule has 5 heteroatoms. The summed E-state index contributed by atoms with van der Waals surface area (Å²) in [5.74, 6) is 1.12. The van der Waals surface area contributed by atoms with Crippen molar-refractivity contribution in [1.82, 2.24) is 19.9 Å². The Balaban J connectivity index is 1.35. The maximum Gasteiger partial charge on any atom is 0.251 e. The number of H-pyrrole nitrogens is 2. The number of fused-ring (bicyclic) bond motifs is 1. The number of benzene rings is 1. The van der Waals surface area contributed by atoms with E-state index in [4.69, 9.17) is 0 Å². The molecule has 0 radical (unpaired) electrons. The molecule has 4 rings (SSSR count).